The molecule has 88 valence electrons. The number of hydrogen-bond acceptors (Lipinski definition) is 3. The van der Waals surface area contributed by atoms with Gasteiger partial charge in [-0.15, -0.1) is 0 Å². The van der Waals surface area contributed by atoms with Crippen molar-refractivity contribution in [2.75, 3.05) is 0 Å². The maximum atomic E-state index is 9.52. The van der Waals surface area contributed by atoms with Gasteiger partial charge in [-0.1, -0.05) is 23.9 Å². The third-order valence-electron chi connectivity index (χ3n) is 2.29. The first kappa shape index (κ1) is 12.6. The third kappa shape index (κ3) is 3.31. The van der Waals surface area contributed by atoms with Crippen molar-refractivity contribution in [1.29, 1.82) is 0 Å². The van der Waals surface area contributed by atoms with Gasteiger partial charge in [-0.05, 0) is 52.7 Å². The van der Waals surface area contributed by atoms with Crippen LogP contribution in [0.4, 0.5) is 0 Å². The molecule has 1 heterocycles. The highest BCUT2D eigenvalue weighted by Gasteiger charge is 2.05. The molecule has 0 bridgehead atoms. The Morgan fingerprint density at radius 3 is 2.76 bits per heavy atom. The molecular formula is C13H12BrNOS. The van der Waals surface area contributed by atoms with Crippen molar-refractivity contribution >= 4 is 27.7 Å². The first-order valence-corrected chi connectivity index (χ1v) is 6.84. The maximum Gasteiger partial charge on any atom is 0.101 e. The van der Waals surface area contributed by atoms with E-state index in [4.69, 9.17) is 0 Å². The van der Waals surface area contributed by atoms with Crippen LogP contribution in [0, 0.1) is 0 Å². The van der Waals surface area contributed by atoms with Crippen molar-refractivity contribution in [2.24, 2.45) is 0 Å². The van der Waals surface area contributed by atoms with Crippen molar-refractivity contribution in [3.05, 3.63) is 52.6 Å². The number of rotatable bonds is 3. The van der Waals surface area contributed by atoms with Gasteiger partial charge in [-0.3, -0.25) is 0 Å². The molecule has 0 radical (unpaired) electrons. The first-order chi connectivity index (χ1) is 8.16. The van der Waals surface area contributed by atoms with Gasteiger partial charge in [0, 0.05) is 15.6 Å². The minimum Gasteiger partial charge on any atom is -0.389 e. The van der Waals surface area contributed by atoms with Crippen LogP contribution in [-0.2, 0) is 0 Å². The number of halogens is 1. The van der Waals surface area contributed by atoms with E-state index >= 15 is 0 Å². The Kier molecular flexibility index (Phi) is 4.20. The minimum absolute atomic E-state index is 0.462. The van der Waals surface area contributed by atoms with E-state index in [1.165, 1.54) is 0 Å². The summed E-state index contributed by atoms with van der Waals surface area (Å²) < 4.78 is 1.05. The van der Waals surface area contributed by atoms with Crippen LogP contribution in [0.5, 0.6) is 0 Å². The van der Waals surface area contributed by atoms with E-state index in [9.17, 15) is 5.11 Å². The molecule has 0 saturated carbocycles. The fraction of sp³-hybridized carbons (Fsp3) is 0.154. The second-order valence-electron chi connectivity index (χ2n) is 3.64. The SMILES string of the molecule is C[C@H](O)c1ccnc(Sc2ccccc2Br)c1. The predicted octanol–water partition coefficient (Wildman–Crippen LogP) is 4.05. The minimum atomic E-state index is -0.462. The lowest BCUT2D eigenvalue weighted by Crippen LogP contribution is -1.92. The molecule has 1 atom stereocenters. The monoisotopic (exact) mass is 309 g/mol. The highest BCUT2D eigenvalue weighted by molar-refractivity contribution is 9.10. The molecule has 2 rings (SSSR count). The fourth-order valence-electron chi connectivity index (χ4n) is 1.38. The van der Waals surface area contributed by atoms with Gasteiger partial charge in [-0.2, -0.15) is 0 Å². The van der Waals surface area contributed by atoms with Gasteiger partial charge in [0.1, 0.15) is 5.03 Å². The van der Waals surface area contributed by atoms with Crippen LogP contribution < -0.4 is 0 Å². The normalized spacial score (nSPS) is 12.4. The second-order valence-corrected chi connectivity index (χ2v) is 5.55. The fourth-order valence-corrected chi connectivity index (χ4v) is 2.75. The molecule has 0 aliphatic carbocycles. The Bertz CT molecular complexity index is 516. The van der Waals surface area contributed by atoms with E-state index in [1.54, 1.807) is 24.9 Å². The van der Waals surface area contributed by atoms with Crippen molar-refractivity contribution in [3.8, 4) is 0 Å². The molecule has 17 heavy (non-hydrogen) atoms. The van der Waals surface area contributed by atoms with Crippen molar-refractivity contribution in [3.63, 3.8) is 0 Å². The van der Waals surface area contributed by atoms with Crippen LogP contribution in [0.25, 0.3) is 0 Å². The van der Waals surface area contributed by atoms with E-state index in [0.717, 1.165) is 20.0 Å². The molecular weight excluding hydrogens is 298 g/mol. The zero-order valence-corrected chi connectivity index (χ0v) is 11.7. The molecule has 0 fully saturated rings. The van der Waals surface area contributed by atoms with Gasteiger partial charge in [0.15, 0.2) is 0 Å². The van der Waals surface area contributed by atoms with E-state index in [2.05, 4.69) is 20.9 Å². The molecule has 0 aliphatic rings. The van der Waals surface area contributed by atoms with E-state index < -0.39 is 6.10 Å². The molecule has 4 heteroatoms. The number of aliphatic hydroxyl groups excluding tert-OH is 1. The number of aromatic nitrogens is 1. The highest BCUT2D eigenvalue weighted by Crippen LogP contribution is 2.32. The zero-order chi connectivity index (χ0) is 12.3. The smallest absolute Gasteiger partial charge is 0.101 e. The van der Waals surface area contributed by atoms with E-state index in [0.29, 0.717) is 0 Å². The van der Waals surface area contributed by atoms with Gasteiger partial charge < -0.3 is 5.11 Å². The quantitative estimate of drug-likeness (QED) is 0.928. The maximum absolute atomic E-state index is 9.52. The third-order valence-corrected chi connectivity index (χ3v) is 4.25. The zero-order valence-electron chi connectivity index (χ0n) is 9.30. The Morgan fingerprint density at radius 1 is 1.29 bits per heavy atom. The standard InChI is InChI=1S/C13H12BrNOS/c1-9(16)10-6-7-15-13(8-10)17-12-5-3-2-4-11(12)14/h2-9,16H,1H3/t9-/m0/s1. The van der Waals surface area contributed by atoms with Gasteiger partial charge in [0.05, 0.1) is 6.10 Å². The van der Waals surface area contributed by atoms with Gasteiger partial charge in [0.2, 0.25) is 0 Å². The predicted molar refractivity (Wildman–Crippen MR) is 73.1 cm³/mol. The lowest BCUT2D eigenvalue weighted by Gasteiger charge is -2.07. The molecule has 0 saturated heterocycles. The average Bonchev–Trinajstić information content (AvgIpc) is 2.32. The number of benzene rings is 1. The Balaban J connectivity index is 2.25. The van der Waals surface area contributed by atoms with Crippen LogP contribution in [0.2, 0.25) is 0 Å². The van der Waals surface area contributed by atoms with Gasteiger partial charge >= 0.3 is 0 Å². The highest BCUT2D eigenvalue weighted by atomic mass is 79.9. The number of aliphatic hydroxyl groups is 1. The van der Waals surface area contributed by atoms with Crippen LogP contribution in [-0.4, -0.2) is 10.1 Å². The summed E-state index contributed by atoms with van der Waals surface area (Å²) in [5.74, 6) is 0. The summed E-state index contributed by atoms with van der Waals surface area (Å²) in [7, 11) is 0. The lowest BCUT2D eigenvalue weighted by atomic mass is 10.2. The summed E-state index contributed by atoms with van der Waals surface area (Å²) in [5.41, 5.74) is 0.884. The summed E-state index contributed by atoms with van der Waals surface area (Å²) in [5, 5.41) is 10.4. The molecule has 1 N–H and O–H groups in total. The Labute approximate surface area is 113 Å². The van der Waals surface area contributed by atoms with Crippen molar-refractivity contribution < 1.29 is 5.11 Å². The van der Waals surface area contributed by atoms with Crippen LogP contribution in [0.1, 0.15) is 18.6 Å². The summed E-state index contributed by atoms with van der Waals surface area (Å²) in [6.07, 6.45) is 1.26. The number of hydrogen-bond donors (Lipinski definition) is 1. The molecule has 0 unspecified atom stereocenters. The molecule has 2 nitrogen and oxygen atoms in total. The first-order valence-electron chi connectivity index (χ1n) is 5.23. The Morgan fingerprint density at radius 2 is 2.06 bits per heavy atom. The van der Waals surface area contributed by atoms with Crippen LogP contribution in [0.15, 0.2) is 57.0 Å². The summed E-state index contributed by atoms with van der Waals surface area (Å²) >= 11 is 5.08. The molecule has 0 spiro atoms. The second kappa shape index (κ2) is 5.67. The molecule has 1 aromatic heterocycles. The van der Waals surface area contributed by atoms with Gasteiger partial charge in [-0.25, -0.2) is 4.98 Å². The van der Waals surface area contributed by atoms with Crippen LogP contribution in [0.3, 0.4) is 0 Å². The molecule has 2 aromatic rings. The molecule has 1 aromatic carbocycles. The van der Waals surface area contributed by atoms with E-state index in [-0.39, 0.29) is 0 Å². The summed E-state index contributed by atoms with van der Waals surface area (Å²) in [6, 6.07) is 11.7. The van der Waals surface area contributed by atoms with Crippen LogP contribution >= 0.6 is 27.7 Å². The summed E-state index contributed by atoms with van der Waals surface area (Å²) in [6.45, 7) is 1.75. The largest absolute Gasteiger partial charge is 0.389 e. The van der Waals surface area contributed by atoms with Gasteiger partial charge in [0.25, 0.3) is 0 Å². The van der Waals surface area contributed by atoms with Crippen molar-refractivity contribution in [2.45, 2.75) is 22.9 Å². The average molecular weight is 310 g/mol. The van der Waals surface area contributed by atoms with Crippen molar-refractivity contribution in [1.82, 2.24) is 4.98 Å². The molecule has 0 amide bonds. The Hall–Kier alpha value is -0.840. The lowest BCUT2D eigenvalue weighted by molar-refractivity contribution is 0.199. The number of nitrogens with zero attached hydrogens (tertiary/aromatic N) is 1. The number of pyridine rings is 1. The topological polar surface area (TPSA) is 33.1 Å². The van der Waals surface area contributed by atoms with E-state index in [1.807, 2.05) is 36.4 Å². The molecule has 0 aliphatic heterocycles. The summed E-state index contributed by atoms with van der Waals surface area (Å²) in [4.78, 5) is 5.40.